The van der Waals surface area contributed by atoms with Gasteiger partial charge >= 0.3 is 0 Å². The van der Waals surface area contributed by atoms with E-state index in [4.69, 9.17) is 0 Å². The van der Waals surface area contributed by atoms with E-state index in [-0.39, 0.29) is 0 Å². The Hall–Kier alpha value is -0.520. The van der Waals surface area contributed by atoms with E-state index in [9.17, 15) is 0 Å². The third-order valence-corrected chi connectivity index (χ3v) is 3.87. The minimum Gasteiger partial charge on any atom is -0.0995 e. The van der Waals surface area contributed by atoms with Gasteiger partial charge in [0, 0.05) is 0 Å². The Morgan fingerprint density at radius 3 is 2.47 bits per heavy atom. The average Bonchev–Trinajstić information content (AvgIpc) is 2.16. The van der Waals surface area contributed by atoms with Crippen LogP contribution in [0.2, 0.25) is 0 Å². The maximum atomic E-state index is 4.21. The molecule has 0 aromatic carbocycles. The molecule has 0 atom stereocenters. The van der Waals surface area contributed by atoms with Gasteiger partial charge in [0.15, 0.2) is 0 Å². The Morgan fingerprint density at radius 1 is 1.20 bits per heavy atom. The summed E-state index contributed by atoms with van der Waals surface area (Å²) in [5.74, 6) is 0.884. The first-order chi connectivity index (χ1) is 7.07. The van der Waals surface area contributed by atoms with E-state index < -0.39 is 0 Å². The first-order valence-corrected chi connectivity index (χ1v) is 6.45. The largest absolute Gasteiger partial charge is 0.0995 e. The van der Waals surface area contributed by atoms with Crippen molar-refractivity contribution in [2.24, 2.45) is 11.3 Å². The highest BCUT2D eigenvalue weighted by molar-refractivity contribution is 5.25. The topological polar surface area (TPSA) is 0 Å². The van der Waals surface area contributed by atoms with Gasteiger partial charge in [-0.1, -0.05) is 56.9 Å². The lowest BCUT2D eigenvalue weighted by Gasteiger charge is -2.34. The molecule has 0 heterocycles. The minimum absolute atomic E-state index is 0.363. The van der Waals surface area contributed by atoms with Gasteiger partial charge in [-0.25, -0.2) is 0 Å². The predicted octanol–water partition coefficient (Wildman–Crippen LogP) is 4.87. The molecule has 0 aromatic rings. The lowest BCUT2D eigenvalue weighted by atomic mass is 9.71. The zero-order valence-corrected chi connectivity index (χ0v) is 10.3. The van der Waals surface area contributed by atoms with Crippen molar-refractivity contribution in [1.82, 2.24) is 0 Å². The van der Waals surface area contributed by atoms with Gasteiger partial charge < -0.3 is 0 Å². The molecule has 0 radical (unpaired) electrons. The molecule has 1 fully saturated rings. The molecular weight excluding hydrogens is 180 g/mol. The normalized spacial score (nSPS) is 27.6. The van der Waals surface area contributed by atoms with Gasteiger partial charge in [0.1, 0.15) is 0 Å². The lowest BCUT2D eigenvalue weighted by molar-refractivity contribution is 0.372. The van der Waals surface area contributed by atoms with Gasteiger partial charge in [0.05, 0.1) is 0 Å². The average molecular weight is 204 g/mol. The van der Waals surface area contributed by atoms with Crippen LogP contribution in [-0.4, -0.2) is 0 Å². The van der Waals surface area contributed by atoms with Crippen molar-refractivity contribution in [2.45, 2.75) is 58.8 Å². The molecule has 84 valence electrons. The quantitative estimate of drug-likeness (QED) is 0.535. The second-order valence-electron chi connectivity index (χ2n) is 6.15. The van der Waals surface area contributed by atoms with Crippen molar-refractivity contribution in [1.29, 1.82) is 0 Å². The highest BCUT2D eigenvalue weighted by Crippen LogP contribution is 2.42. The zero-order chi connectivity index (χ0) is 10.9. The standard InChI is InChI=1S/C15H24/c1-12-9-14(11-15(2,3)10-12)13-7-5-4-6-8-13/h11,13H,1,4-10H2,2-3H3. The molecule has 2 aliphatic rings. The van der Waals surface area contributed by atoms with Crippen LogP contribution in [0.5, 0.6) is 0 Å². The maximum absolute atomic E-state index is 4.21. The minimum atomic E-state index is 0.363. The Kier molecular flexibility index (Phi) is 3.04. The third kappa shape index (κ3) is 2.74. The second kappa shape index (κ2) is 4.15. The van der Waals surface area contributed by atoms with Crippen molar-refractivity contribution < 1.29 is 0 Å². The molecule has 2 aliphatic carbocycles. The number of rotatable bonds is 1. The number of hydrogen-bond acceptors (Lipinski definition) is 0. The summed E-state index contributed by atoms with van der Waals surface area (Å²) in [4.78, 5) is 0. The van der Waals surface area contributed by atoms with Gasteiger partial charge in [-0.2, -0.15) is 0 Å². The van der Waals surface area contributed by atoms with Crippen LogP contribution in [-0.2, 0) is 0 Å². The summed E-state index contributed by atoms with van der Waals surface area (Å²) >= 11 is 0. The van der Waals surface area contributed by atoms with E-state index in [2.05, 4.69) is 26.5 Å². The molecule has 0 nitrogen and oxygen atoms in total. The first-order valence-electron chi connectivity index (χ1n) is 6.45. The maximum Gasteiger partial charge on any atom is -0.0108 e. The first kappa shape index (κ1) is 11.0. The molecule has 0 saturated heterocycles. The van der Waals surface area contributed by atoms with Crippen molar-refractivity contribution in [3.63, 3.8) is 0 Å². The Labute approximate surface area is 94.5 Å². The molecule has 0 spiro atoms. The second-order valence-corrected chi connectivity index (χ2v) is 6.15. The van der Waals surface area contributed by atoms with E-state index in [1.807, 2.05) is 0 Å². The van der Waals surface area contributed by atoms with Crippen molar-refractivity contribution >= 4 is 0 Å². The Morgan fingerprint density at radius 2 is 1.87 bits per heavy atom. The summed E-state index contributed by atoms with van der Waals surface area (Å²) in [5, 5.41) is 0. The van der Waals surface area contributed by atoms with Crippen LogP contribution in [0.15, 0.2) is 23.8 Å². The molecule has 0 amide bonds. The lowest BCUT2D eigenvalue weighted by Crippen LogP contribution is -2.19. The van der Waals surface area contributed by atoms with Crippen LogP contribution in [0.1, 0.15) is 58.8 Å². The Bertz CT molecular complexity index is 274. The van der Waals surface area contributed by atoms with Gasteiger partial charge in [-0.05, 0) is 37.0 Å². The fraction of sp³-hybridized carbons (Fsp3) is 0.733. The van der Waals surface area contributed by atoms with E-state index in [0.29, 0.717) is 5.41 Å². The summed E-state index contributed by atoms with van der Waals surface area (Å²) in [6.07, 6.45) is 12.1. The summed E-state index contributed by atoms with van der Waals surface area (Å²) in [6.45, 7) is 8.91. The van der Waals surface area contributed by atoms with Crippen LogP contribution in [0, 0.1) is 11.3 Å². The van der Waals surface area contributed by atoms with Crippen LogP contribution in [0.4, 0.5) is 0 Å². The fourth-order valence-electron chi connectivity index (χ4n) is 3.34. The molecule has 0 aliphatic heterocycles. The van der Waals surface area contributed by atoms with Gasteiger partial charge in [0.25, 0.3) is 0 Å². The summed E-state index contributed by atoms with van der Waals surface area (Å²) < 4.78 is 0. The van der Waals surface area contributed by atoms with Crippen LogP contribution < -0.4 is 0 Å². The van der Waals surface area contributed by atoms with Crippen LogP contribution in [0.3, 0.4) is 0 Å². The molecule has 0 N–H and O–H groups in total. The van der Waals surface area contributed by atoms with E-state index in [1.165, 1.54) is 50.5 Å². The molecule has 2 rings (SSSR count). The van der Waals surface area contributed by atoms with Crippen molar-refractivity contribution in [2.75, 3.05) is 0 Å². The van der Waals surface area contributed by atoms with E-state index >= 15 is 0 Å². The smallest absolute Gasteiger partial charge is 0.0108 e. The monoisotopic (exact) mass is 204 g/mol. The van der Waals surface area contributed by atoms with Gasteiger partial charge in [0.2, 0.25) is 0 Å². The molecule has 1 saturated carbocycles. The van der Waals surface area contributed by atoms with E-state index in [1.54, 1.807) is 5.57 Å². The zero-order valence-electron chi connectivity index (χ0n) is 10.3. The van der Waals surface area contributed by atoms with Gasteiger partial charge in [-0.15, -0.1) is 0 Å². The Balaban J connectivity index is 2.12. The highest BCUT2D eigenvalue weighted by atomic mass is 14.3. The number of allylic oxidation sites excluding steroid dienone is 3. The summed E-state index contributed by atoms with van der Waals surface area (Å²) in [6, 6.07) is 0. The summed E-state index contributed by atoms with van der Waals surface area (Å²) in [7, 11) is 0. The molecule has 15 heavy (non-hydrogen) atoms. The molecule has 0 aromatic heterocycles. The predicted molar refractivity (Wildman–Crippen MR) is 66.8 cm³/mol. The molecule has 0 unspecified atom stereocenters. The van der Waals surface area contributed by atoms with Crippen LogP contribution >= 0.6 is 0 Å². The fourth-order valence-corrected chi connectivity index (χ4v) is 3.34. The summed E-state index contributed by atoms with van der Waals surface area (Å²) in [5.41, 5.74) is 3.52. The van der Waals surface area contributed by atoms with Crippen LogP contribution in [0.25, 0.3) is 0 Å². The molecular formula is C15H24. The molecule has 0 heteroatoms. The van der Waals surface area contributed by atoms with E-state index in [0.717, 1.165) is 5.92 Å². The number of hydrogen-bond donors (Lipinski definition) is 0. The SMILES string of the molecule is C=C1CC(C2CCCCC2)=CC(C)(C)C1. The van der Waals surface area contributed by atoms with Gasteiger partial charge in [-0.3, -0.25) is 0 Å². The van der Waals surface area contributed by atoms with Crippen molar-refractivity contribution in [3.8, 4) is 0 Å². The third-order valence-electron chi connectivity index (χ3n) is 3.87. The molecule has 0 bridgehead atoms. The van der Waals surface area contributed by atoms with Crippen molar-refractivity contribution in [3.05, 3.63) is 23.8 Å². The highest BCUT2D eigenvalue weighted by Gasteiger charge is 2.27.